The minimum atomic E-state index is -3.49. The van der Waals surface area contributed by atoms with Crippen molar-refractivity contribution >= 4 is 10.0 Å². The van der Waals surface area contributed by atoms with Crippen LogP contribution in [-0.4, -0.2) is 8.42 Å². The minimum absolute atomic E-state index is 0.224. The second kappa shape index (κ2) is 4.46. The molecule has 0 aliphatic rings. The quantitative estimate of drug-likeness (QED) is 0.761. The molecule has 0 spiro atoms. The van der Waals surface area contributed by atoms with Crippen LogP contribution < -0.4 is 10.3 Å². The number of hydrogen-bond donors (Lipinski definition) is 2. The SMILES string of the molecule is C=C(C)NNS(=O)(=O)c1ccc(C)cc1. The summed E-state index contributed by atoms with van der Waals surface area (Å²) in [5.74, 6) is 0. The molecule has 1 rings (SSSR count). The number of benzene rings is 1. The highest BCUT2D eigenvalue weighted by molar-refractivity contribution is 7.89. The van der Waals surface area contributed by atoms with E-state index in [4.69, 9.17) is 0 Å². The maximum atomic E-state index is 11.6. The van der Waals surface area contributed by atoms with Gasteiger partial charge in [-0.05, 0) is 26.0 Å². The maximum absolute atomic E-state index is 11.6. The molecule has 15 heavy (non-hydrogen) atoms. The number of aryl methyl sites for hydroxylation is 1. The molecule has 4 nitrogen and oxygen atoms in total. The molecule has 0 saturated carbocycles. The Kier molecular flexibility index (Phi) is 3.49. The highest BCUT2D eigenvalue weighted by Crippen LogP contribution is 2.08. The van der Waals surface area contributed by atoms with Crippen LogP contribution in [0.15, 0.2) is 41.4 Å². The predicted octanol–water partition coefficient (Wildman–Crippen LogP) is 1.31. The average Bonchev–Trinajstić information content (AvgIpc) is 2.16. The van der Waals surface area contributed by atoms with Gasteiger partial charge in [-0.25, -0.2) is 8.42 Å². The molecule has 1 aromatic carbocycles. The number of hydrogen-bond acceptors (Lipinski definition) is 3. The molecule has 0 aliphatic carbocycles. The summed E-state index contributed by atoms with van der Waals surface area (Å²) < 4.78 is 23.3. The minimum Gasteiger partial charge on any atom is -0.313 e. The van der Waals surface area contributed by atoms with Gasteiger partial charge in [-0.2, -0.15) is 0 Å². The number of allylic oxidation sites excluding steroid dienone is 1. The van der Waals surface area contributed by atoms with Crippen molar-refractivity contribution in [3.8, 4) is 0 Å². The normalized spacial score (nSPS) is 11.1. The summed E-state index contributed by atoms with van der Waals surface area (Å²) in [5, 5.41) is 0. The molecular weight excluding hydrogens is 212 g/mol. The van der Waals surface area contributed by atoms with Gasteiger partial charge in [0.15, 0.2) is 0 Å². The molecule has 0 heterocycles. The van der Waals surface area contributed by atoms with Crippen LogP contribution in [0.4, 0.5) is 0 Å². The van der Waals surface area contributed by atoms with Crippen molar-refractivity contribution in [1.29, 1.82) is 0 Å². The molecule has 0 unspecified atom stereocenters. The van der Waals surface area contributed by atoms with E-state index in [2.05, 4.69) is 16.8 Å². The smallest absolute Gasteiger partial charge is 0.257 e. The van der Waals surface area contributed by atoms with E-state index in [1.54, 1.807) is 31.2 Å². The summed E-state index contributed by atoms with van der Waals surface area (Å²) in [6.45, 7) is 7.09. The Balaban J connectivity index is 2.87. The van der Waals surface area contributed by atoms with Crippen molar-refractivity contribution in [3.05, 3.63) is 42.1 Å². The lowest BCUT2D eigenvalue weighted by molar-refractivity contribution is 0.571. The van der Waals surface area contributed by atoms with Gasteiger partial charge in [0.2, 0.25) is 0 Å². The largest absolute Gasteiger partial charge is 0.313 e. The predicted molar refractivity (Wildman–Crippen MR) is 59.5 cm³/mol. The fraction of sp³-hybridized carbons (Fsp3) is 0.200. The summed E-state index contributed by atoms with van der Waals surface area (Å²) in [6.07, 6.45) is 0. The van der Waals surface area contributed by atoms with Crippen LogP contribution in [-0.2, 0) is 10.0 Å². The Morgan fingerprint density at radius 2 is 1.80 bits per heavy atom. The maximum Gasteiger partial charge on any atom is 0.257 e. The second-order valence-electron chi connectivity index (χ2n) is 3.32. The highest BCUT2D eigenvalue weighted by atomic mass is 32.2. The zero-order valence-corrected chi connectivity index (χ0v) is 9.56. The molecule has 2 N–H and O–H groups in total. The molecule has 0 aliphatic heterocycles. The van der Waals surface area contributed by atoms with E-state index in [0.717, 1.165) is 5.56 Å². The lowest BCUT2D eigenvalue weighted by Crippen LogP contribution is -2.35. The van der Waals surface area contributed by atoms with Crippen LogP contribution in [0.3, 0.4) is 0 Å². The summed E-state index contributed by atoms with van der Waals surface area (Å²) in [6, 6.07) is 6.60. The van der Waals surface area contributed by atoms with E-state index in [-0.39, 0.29) is 4.90 Å². The van der Waals surface area contributed by atoms with Crippen molar-refractivity contribution in [3.63, 3.8) is 0 Å². The molecule has 1 aromatic rings. The number of rotatable bonds is 4. The first kappa shape index (κ1) is 11.7. The Bertz CT molecular complexity index is 449. The van der Waals surface area contributed by atoms with Crippen LogP contribution in [0.5, 0.6) is 0 Å². The average molecular weight is 226 g/mol. The zero-order chi connectivity index (χ0) is 11.5. The van der Waals surface area contributed by atoms with Gasteiger partial charge in [-0.1, -0.05) is 24.3 Å². The first-order valence-electron chi connectivity index (χ1n) is 4.42. The molecule has 0 fully saturated rings. The first-order valence-corrected chi connectivity index (χ1v) is 5.90. The third-order valence-electron chi connectivity index (χ3n) is 1.73. The van der Waals surface area contributed by atoms with Gasteiger partial charge in [-0.15, -0.1) is 4.83 Å². The van der Waals surface area contributed by atoms with E-state index >= 15 is 0 Å². The van der Waals surface area contributed by atoms with Gasteiger partial charge in [0.05, 0.1) is 4.90 Å². The number of nitrogens with one attached hydrogen (secondary N) is 2. The number of hydrazine groups is 1. The Morgan fingerprint density at radius 1 is 1.27 bits per heavy atom. The van der Waals surface area contributed by atoms with Crippen molar-refractivity contribution in [2.45, 2.75) is 18.7 Å². The fourth-order valence-corrected chi connectivity index (χ4v) is 1.85. The van der Waals surface area contributed by atoms with Gasteiger partial charge in [0.1, 0.15) is 0 Å². The highest BCUT2D eigenvalue weighted by Gasteiger charge is 2.12. The zero-order valence-electron chi connectivity index (χ0n) is 8.74. The van der Waals surface area contributed by atoms with E-state index < -0.39 is 10.0 Å². The van der Waals surface area contributed by atoms with Crippen LogP contribution in [0.2, 0.25) is 0 Å². The van der Waals surface area contributed by atoms with Crippen molar-refractivity contribution < 1.29 is 8.42 Å². The van der Waals surface area contributed by atoms with Gasteiger partial charge in [0, 0.05) is 5.70 Å². The van der Waals surface area contributed by atoms with Gasteiger partial charge < -0.3 is 5.43 Å². The lowest BCUT2D eigenvalue weighted by Gasteiger charge is -2.08. The first-order chi connectivity index (χ1) is 6.92. The molecule has 0 bridgehead atoms. The summed E-state index contributed by atoms with van der Waals surface area (Å²) in [5.41, 5.74) is 4.02. The molecule has 5 heteroatoms. The number of sulfonamides is 1. The molecule has 0 radical (unpaired) electrons. The van der Waals surface area contributed by atoms with Gasteiger partial charge in [-0.3, -0.25) is 0 Å². The molecule has 0 amide bonds. The molecule has 82 valence electrons. The molecule has 0 aromatic heterocycles. The van der Waals surface area contributed by atoms with E-state index in [1.807, 2.05) is 6.92 Å². The van der Waals surface area contributed by atoms with Crippen LogP contribution in [0.1, 0.15) is 12.5 Å². The van der Waals surface area contributed by atoms with E-state index in [0.29, 0.717) is 5.70 Å². The Hall–Kier alpha value is -1.33. The van der Waals surface area contributed by atoms with Crippen LogP contribution >= 0.6 is 0 Å². The summed E-state index contributed by atoms with van der Waals surface area (Å²) >= 11 is 0. The fourth-order valence-electron chi connectivity index (χ4n) is 0.931. The molecule has 0 saturated heterocycles. The van der Waals surface area contributed by atoms with E-state index in [1.165, 1.54) is 0 Å². The third-order valence-corrected chi connectivity index (χ3v) is 2.99. The third kappa shape index (κ3) is 3.38. The molecular formula is C10H14N2O2S. The van der Waals surface area contributed by atoms with Gasteiger partial charge in [0.25, 0.3) is 10.0 Å². The monoisotopic (exact) mass is 226 g/mol. The summed E-state index contributed by atoms with van der Waals surface area (Å²) in [4.78, 5) is 2.44. The Morgan fingerprint density at radius 3 is 2.27 bits per heavy atom. The van der Waals surface area contributed by atoms with Crippen molar-refractivity contribution in [2.24, 2.45) is 0 Å². The van der Waals surface area contributed by atoms with E-state index in [9.17, 15) is 8.42 Å². The van der Waals surface area contributed by atoms with Crippen LogP contribution in [0, 0.1) is 6.92 Å². The molecule has 0 atom stereocenters. The summed E-state index contributed by atoms with van der Waals surface area (Å²) in [7, 11) is -3.49. The standard InChI is InChI=1S/C10H14N2O2S/c1-8(2)11-12-15(13,14)10-6-4-9(3)5-7-10/h4-7,11-12H,1H2,2-3H3. The van der Waals surface area contributed by atoms with Crippen molar-refractivity contribution in [2.75, 3.05) is 0 Å². The van der Waals surface area contributed by atoms with Crippen LogP contribution in [0.25, 0.3) is 0 Å². The second-order valence-corrected chi connectivity index (χ2v) is 5.01. The lowest BCUT2D eigenvalue weighted by atomic mass is 10.2. The topological polar surface area (TPSA) is 58.2 Å². The van der Waals surface area contributed by atoms with Crippen molar-refractivity contribution in [1.82, 2.24) is 10.3 Å². The van der Waals surface area contributed by atoms with Gasteiger partial charge >= 0.3 is 0 Å². The Labute approximate surface area is 90.0 Å².